The summed E-state index contributed by atoms with van der Waals surface area (Å²) in [5, 5.41) is 3.15. The lowest BCUT2D eigenvalue weighted by molar-refractivity contribution is 0.242. The molecule has 0 radical (unpaired) electrons. The third kappa shape index (κ3) is 8.27. The van der Waals surface area contributed by atoms with Crippen LogP contribution in [0.1, 0.15) is 34.1 Å². The molecule has 0 bridgehead atoms. The molecule has 1 unspecified atom stereocenters. The van der Waals surface area contributed by atoms with Gasteiger partial charge in [-0.1, -0.05) is 13.8 Å². The Morgan fingerprint density at radius 1 is 1.28 bits per heavy atom. The van der Waals surface area contributed by atoms with Crippen LogP contribution in [0.5, 0.6) is 5.75 Å². The highest BCUT2D eigenvalue weighted by atomic mass is 127. The van der Waals surface area contributed by atoms with Crippen molar-refractivity contribution in [2.75, 3.05) is 31.5 Å². The average molecular weight is 460 g/mol. The van der Waals surface area contributed by atoms with Crippen molar-refractivity contribution in [2.24, 2.45) is 22.6 Å². The lowest BCUT2D eigenvalue weighted by atomic mass is 10.1. The topological polar surface area (TPSA) is 62.9 Å². The molecular formula is C19H33IN4O. The summed E-state index contributed by atoms with van der Waals surface area (Å²) < 4.78 is 5.63. The van der Waals surface area contributed by atoms with E-state index in [0.29, 0.717) is 11.9 Å². The van der Waals surface area contributed by atoms with Gasteiger partial charge in [0.05, 0.1) is 6.10 Å². The van der Waals surface area contributed by atoms with Crippen LogP contribution in [0.15, 0.2) is 29.3 Å². The molecule has 142 valence electrons. The third-order valence-corrected chi connectivity index (χ3v) is 4.01. The molecule has 0 aliphatic carbocycles. The molecule has 6 heteroatoms. The van der Waals surface area contributed by atoms with Gasteiger partial charge in [0.2, 0.25) is 0 Å². The van der Waals surface area contributed by atoms with Crippen molar-refractivity contribution in [1.82, 2.24) is 4.90 Å². The van der Waals surface area contributed by atoms with Gasteiger partial charge in [0, 0.05) is 25.3 Å². The van der Waals surface area contributed by atoms with E-state index in [9.17, 15) is 0 Å². The van der Waals surface area contributed by atoms with Crippen molar-refractivity contribution >= 4 is 35.6 Å². The first kappa shape index (κ1) is 22.0. The fourth-order valence-electron chi connectivity index (χ4n) is 3.05. The van der Waals surface area contributed by atoms with Gasteiger partial charge in [-0.15, -0.1) is 24.0 Å². The molecule has 1 saturated heterocycles. The Morgan fingerprint density at radius 2 is 1.96 bits per heavy atom. The number of guanidine groups is 1. The second-order valence-electron chi connectivity index (χ2n) is 7.35. The number of halogens is 1. The fraction of sp³-hybridized carbons (Fsp3) is 0.632. The number of likely N-dealkylation sites (tertiary alicyclic amines) is 1. The summed E-state index contributed by atoms with van der Waals surface area (Å²) in [6.45, 7) is 12.9. The average Bonchev–Trinajstić information content (AvgIpc) is 2.93. The van der Waals surface area contributed by atoms with Gasteiger partial charge in [-0.3, -0.25) is 4.99 Å². The Hall–Kier alpha value is -1.02. The molecule has 0 spiro atoms. The van der Waals surface area contributed by atoms with Crippen LogP contribution in [0.3, 0.4) is 0 Å². The van der Waals surface area contributed by atoms with Gasteiger partial charge in [-0.05, 0) is 62.9 Å². The molecule has 3 N–H and O–H groups in total. The van der Waals surface area contributed by atoms with Crippen LogP contribution in [-0.4, -0.2) is 43.1 Å². The zero-order valence-electron chi connectivity index (χ0n) is 15.9. The Kier molecular flexibility index (Phi) is 9.56. The van der Waals surface area contributed by atoms with Crippen molar-refractivity contribution in [3.8, 4) is 5.75 Å². The molecular weight excluding hydrogens is 427 g/mol. The van der Waals surface area contributed by atoms with E-state index in [1.807, 2.05) is 38.1 Å². The summed E-state index contributed by atoms with van der Waals surface area (Å²) in [5.41, 5.74) is 6.94. The summed E-state index contributed by atoms with van der Waals surface area (Å²) in [5.74, 6) is 2.68. The van der Waals surface area contributed by atoms with Crippen LogP contribution < -0.4 is 15.8 Å². The first-order valence-electron chi connectivity index (χ1n) is 8.98. The maximum absolute atomic E-state index is 6.01. The normalized spacial score (nSPS) is 18.5. The minimum absolute atomic E-state index is 0. The zero-order valence-corrected chi connectivity index (χ0v) is 18.2. The van der Waals surface area contributed by atoms with Crippen LogP contribution in [0.2, 0.25) is 0 Å². The Morgan fingerprint density at radius 3 is 2.56 bits per heavy atom. The Labute approximate surface area is 169 Å². The second-order valence-corrected chi connectivity index (χ2v) is 7.35. The smallest absolute Gasteiger partial charge is 0.193 e. The van der Waals surface area contributed by atoms with E-state index in [1.165, 1.54) is 19.5 Å². The van der Waals surface area contributed by atoms with E-state index < -0.39 is 0 Å². The van der Waals surface area contributed by atoms with Gasteiger partial charge in [0.1, 0.15) is 5.75 Å². The van der Waals surface area contributed by atoms with Crippen molar-refractivity contribution in [1.29, 1.82) is 0 Å². The van der Waals surface area contributed by atoms with Crippen molar-refractivity contribution in [2.45, 2.75) is 40.2 Å². The quantitative estimate of drug-likeness (QED) is 0.369. The number of hydrogen-bond donors (Lipinski definition) is 2. The molecule has 25 heavy (non-hydrogen) atoms. The molecule has 5 nitrogen and oxygen atoms in total. The standard InChI is InChI=1S/C19H32N4O.HI/c1-14(2)12-23-10-9-16(13-23)11-21-19(20)22-17-5-7-18(8-6-17)24-15(3)4;/h5-8,14-16H,9-13H2,1-4H3,(H3,20,21,22);1H. The van der Waals surface area contributed by atoms with Crippen molar-refractivity contribution < 1.29 is 4.74 Å². The largest absolute Gasteiger partial charge is 0.491 e. The van der Waals surface area contributed by atoms with Gasteiger partial charge >= 0.3 is 0 Å². The molecule has 1 aromatic rings. The first-order valence-corrected chi connectivity index (χ1v) is 8.98. The van der Waals surface area contributed by atoms with Crippen LogP contribution in [-0.2, 0) is 0 Å². The highest BCUT2D eigenvalue weighted by Crippen LogP contribution is 2.18. The molecule has 0 saturated carbocycles. The summed E-state index contributed by atoms with van der Waals surface area (Å²) in [6.07, 6.45) is 1.39. The number of benzene rings is 1. The maximum atomic E-state index is 6.01. The van der Waals surface area contributed by atoms with Crippen LogP contribution in [0, 0.1) is 11.8 Å². The number of rotatable bonds is 7. The number of nitrogens with two attached hydrogens (primary N) is 1. The minimum atomic E-state index is 0. The molecule has 0 amide bonds. The highest BCUT2D eigenvalue weighted by molar-refractivity contribution is 14.0. The third-order valence-electron chi connectivity index (χ3n) is 4.01. The summed E-state index contributed by atoms with van der Waals surface area (Å²) in [4.78, 5) is 7.04. The van der Waals surface area contributed by atoms with E-state index in [2.05, 4.69) is 29.1 Å². The van der Waals surface area contributed by atoms with Gasteiger partial charge in [-0.2, -0.15) is 0 Å². The van der Waals surface area contributed by atoms with E-state index in [-0.39, 0.29) is 30.1 Å². The summed E-state index contributed by atoms with van der Waals surface area (Å²) in [7, 11) is 0. The van der Waals surface area contributed by atoms with Gasteiger partial charge < -0.3 is 20.7 Å². The van der Waals surface area contributed by atoms with E-state index in [0.717, 1.165) is 30.4 Å². The predicted octanol–water partition coefficient (Wildman–Crippen LogP) is 3.80. The molecule has 1 aliphatic heterocycles. The zero-order chi connectivity index (χ0) is 17.5. The number of nitrogens with one attached hydrogen (secondary N) is 1. The minimum Gasteiger partial charge on any atom is -0.491 e. The lowest BCUT2D eigenvalue weighted by Gasteiger charge is -2.17. The second kappa shape index (κ2) is 10.9. The maximum Gasteiger partial charge on any atom is 0.193 e. The number of ether oxygens (including phenoxy) is 1. The molecule has 0 aromatic heterocycles. The van der Waals surface area contributed by atoms with Gasteiger partial charge in [0.15, 0.2) is 5.96 Å². The van der Waals surface area contributed by atoms with Crippen molar-refractivity contribution in [3.63, 3.8) is 0 Å². The molecule has 2 rings (SSSR count). The van der Waals surface area contributed by atoms with Crippen LogP contribution in [0.4, 0.5) is 5.69 Å². The number of hydrogen-bond acceptors (Lipinski definition) is 3. The highest BCUT2D eigenvalue weighted by Gasteiger charge is 2.22. The monoisotopic (exact) mass is 460 g/mol. The summed E-state index contributed by atoms with van der Waals surface area (Å²) >= 11 is 0. The molecule has 1 aliphatic rings. The SMILES string of the molecule is CC(C)CN1CCC(CN=C(N)Nc2ccc(OC(C)C)cc2)C1.I. The predicted molar refractivity (Wildman–Crippen MR) is 117 cm³/mol. The first-order chi connectivity index (χ1) is 11.4. The van der Waals surface area contributed by atoms with E-state index in [1.54, 1.807) is 0 Å². The van der Waals surface area contributed by atoms with Gasteiger partial charge in [0.25, 0.3) is 0 Å². The summed E-state index contributed by atoms with van der Waals surface area (Å²) in [6, 6.07) is 7.80. The van der Waals surface area contributed by atoms with Gasteiger partial charge in [-0.25, -0.2) is 0 Å². The van der Waals surface area contributed by atoms with E-state index in [4.69, 9.17) is 10.5 Å². The number of nitrogens with zero attached hydrogens (tertiary/aromatic N) is 2. The molecule has 1 atom stereocenters. The number of anilines is 1. The fourth-order valence-corrected chi connectivity index (χ4v) is 3.05. The molecule has 1 heterocycles. The van der Waals surface area contributed by atoms with Crippen LogP contribution in [0.25, 0.3) is 0 Å². The lowest BCUT2D eigenvalue weighted by Crippen LogP contribution is -2.26. The molecule has 1 fully saturated rings. The Bertz CT molecular complexity index is 531. The van der Waals surface area contributed by atoms with Crippen LogP contribution >= 0.6 is 24.0 Å². The van der Waals surface area contributed by atoms with E-state index >= 15 is 0 Å². The van der Waals surface area contributed by atoms with Crippen molar-refractivity contribution in [3.05, 3.63) is 24.3 Å². The Balaban J connectivity index is 0.00000312. The molecule has 1 aromatic carbocycles. The number of aliphatic imine (C=N–C) groups is 1.